The Hall–Kier alpha value is -0.970. The Morgan fingerprint density at radius 1 is 1.48 bits per heavy atom. The number of methoxy groups -OCH3 is 1. The normalized spacial score (nSPS) is 31.4. The zero-order chi connectivity index (χ0) is 16.9. The van der Waals surface area contributed by atoms with E-state index in [-0.39, 0.29) is 11.5 Å². The Morgan fingerprint density at radius 3 is 2.96 bits per heavy atom. The summed E-state index contributed by atoms with van der Waals surface area (Å²) < 4.78 is 16.3. The second-order valence-electron chi connectivity index (χ2n) is 7.20. The third-order valence-corrected chi connectivity index (χ3v) is 5.30. The van der Waals surface area contributed by atoms with E-state index in [0.717, 1.165) is 25.5 Å². The Balaban J connectivity index is 2.09. The van der Waals surface area contributed by atoms with Gasteiger partial charge in [0.25, 0.3) is 0 Å². The average Bonchev–Trinajstić information content (AvgIpc) is 2.88. The fourth-order valence-corrected chi connectivity index (χ4v) is 4.01. The van der Waals surface area contributed by atoms with Crippen LogP contribution in [-0.2, 0) is 19.0 Å². The van der Waals surface area contributed by atoms with Crippen molar-refractivity contribution in [3.63, 3.8) is 0 Å². The number of fused-ring (bicyclic) bond motifs is 1. The maximum absolute atomic E-state index is 11.0. The van der Waals surface area contributed by atoms with E-state index in [1.165, 1.54) is 16.7 Å². The molecule has 0 amide bonds. The van der Waals surface area contributed by atoms with Crippen LogP contribution in [0.5, 0.6) is 0 Å². The molecule has 0 saturated heterocycles. The summed E-state index contributed by atoms with van der Waals surface area (Å²) in [6.07, 6.45) is 7.11. The lowest BCUT2D eigenvalue weighted by atomic mass is 9.71. The Morgan fingerprint density at radius 2 is 2.26 bits per heavy atom. The van der Waals surface area contributed by atoms with E-state index in [1.54, 1.807) is 7.11 Å². The molecule has 0 N–H and O–H groups in total. The van der Waals surface area contributed by atoms with Crippen molar-refractivity contribution in [2.45, 2.75) is 52.6 Å². The molecule has 0 aromatic carbocycles. The number of carbonyl (C=O) groups excluding carboxylic acids is 1. The Labute approximate surface area is 139 Å². The van der Waals surface area contributed by atoms with Crippen molar-refractivity contribution in [3.05, 3.63) is 22.8 Å². The summed E-state index contributed by atoms with van der Waals surface area (Å²) in [5.74, 6) is 0.366. The van der Waals surface area contributed by atoms with Crippen molar-refractivity contribution >= 4 is 6.29 Å². The van der Waals surface area contributed by atoms with E-state index in [4.69, 9.17) is 14.2 Å². The highest BCUT2D eigenvalue weighted by Crippen LogP contribution is 2.54. The van der Waals surface area contributed by atoms with Crippen molar-refractivity contribution in [1.82, 2.24) is 0 Å². The quantitative estimate of drug-likeness (QED) is 0.296. The third kappa shape index (κ3) is 4.31. The first-order valence-electron chi connectivity index (χ1n) is 8.48. The van der Waals surface area contributed by atoms with Crippen molar-refractivity contribution in [1.29, 1.82) is 0 Å². The van der Waals surface area contributed by atoms with Crippen LogP contribution in [0.15, 0.2) is 22.8 Å². The summed E-state index contributed by atoms with van der Waals surface area (Å²) >= 11 is 0. The topological polar surface area (TPSA) is 44.8 Å². The molecule has 1 saturated carbocycles. The van der Waals surface area contributed by atoms with E-state index in [9.17, 15) is 4.79 Å². The van der Waals surface area contributed by atoms with Crippen molar-refractivity contribution in [2.24, 2.45) is 11.3 Å². The molecule has 0 unspecified atom stereocenters. The van der Waals surface area contributed by atoms with Gasteiger partial charge in [-0.25, -0.2) is 0 Å². The van der Waals surface area contributed by atoms with E-state index < -0.39 is 0 Å². The number of hydrogen-bond donors (Lipinski definition) is 0. The summed E-state index contributed by atoms with van der Waals surface area (Å²) in [4.78, 5) is 11.0. The fourth-order valence-electron chi connectivity index (χ4n) is 4.01. The van der Waals surface area contributed by atoms with Gasteiger partial charge in [-0.2, -0.15) is 0 Å². The van der Waals surface area contributed by atoms with Gasteiger partial charge in [0.2, 0.25) is 0 Å². The fraction of sp³-hybridized carbons (Fsp3) is 0.737. The predicted molar refractivity (Wildman–Crippen MR) is 90.2 cm³/mol. The van der Waals surface area contributed by atoms with Crippen molar-refractivity contribution in [3.8, 4) is 0 Å². The van der Waals surface area contributed by atoms with Gasteiger partial charge in [0.1, 0.15) is 13.1 Å². The van der Waals surface area contributed by atoms with E-state index >= 15 is 0 Å². The summed E-state index contributed by atoms with van der Waals surface area (Å²) in [6.45, 7) is 8.21. The second kappa shape index (κ2) is 8.22. The van der Waals surface area contributed by atoms with Crippen LogP contribution < -0.4 is 0 Å². The van der Waals surface area contributed by atoms with Crippen LogP contribution in [0, 0.1) is 11.3 Å². The maximum Gasteiger partial charge on any atom is 0.146 e. The third-order valence-electron chi connectivity index (χ3n) is 5.30. The lowest BCUT2D eigenvalue weighted by molar-refractivity contribution is -0.112. The summed E-state index contributed by atoms with van der Waals surface area (Å²) in [5, 5.41) is 0. The molecule has 0 bridgehead atoms. The van der Waals surface area contributed by atoms with Gasteiger partial charge in [-0.1, -0.05) is 24.1 Å². The molecule has 1 aliphatic carbocycles. The van der Waals surface area contributed by atoms with Crippen LogP contribution in [0.25, 0.3) is 0 Å². The highest BCUT2D eigenvalue weighted by atomic mass is 16.7. The molecule has 2 rings (SSSR count). The molecule has 1 fully saturated rings. The molecule has 0 aromatic rings. The molecule has 23 heavy (non-hydrogen) atoms. The molecule has 2 aliphatic rings. The Kier molecular flexibility index (Phi) is 6.57. The minimum atomic E-state index is 0.0390. The molecule has 1 heterocycles. The van der Waals surface area contributed by atoms with Gasteiger partial charge in [-0.05, 0) is 44.1 Å². The smallest absolute Gasteiger partial charge is 0.146 e. The highest BCUT2D eigenvalue weighted by molar-refractivity contribution is 5.51. The Bertz CT molecular complexity index is 480. The molecule has 4 nitrogen and oxygen atoms in total. The SMILES string of the molecule is COCOC/C(C)=C\C[C@]1(C)CCC2=C(C)CO[C@H](CC=O)[C@H]21. The molecule has 130 valence electrons. The van der Waals surface area contributed by atoms with Crippen molar-refractivity contribution < 1.29 is 19.0 Å². The minimum Gasteiger partial charge on any atom is -0.373 e. The van der Waals surface area contributed by atoms with Crippen LogP contribution in [0.1, 0.15) is 46.5 Å². The molecular formula is C19H30O4. The van der Waals surface area contributed by atoms with Crippen LogP contribution in [0.2, 0.25) is 0 Å². The monoisotopic (exact) mass is 322 g/mol. The molecule has 3 atom stereocenters. The molecule has 0 radical (unpaired) electrons. The number of carbonyl (C=O) groups is 1. The van der Waals surface area contributed by atoms with Crippen LogP contribution in [-0.4, -0.2) is 39.5 Å². The summed E-state index contributed by atoms with van der Waals surface area (Å²) in [5.41, 5.74) is 4.28. The van der Waals surface area contributed by atoms with Gasteiger partial charge >= 0.3 is 0 Å². The zero-order valence-electron chi connectivity index (χ0n) is 14.9. The van der Waals surface area contributed by atoms with E-state index in [0.29, 0.717) is 32.3 Å². The zero-order valence-corrected chi connectivity index (χ0v) is 14.9. The van der Waals surface area contributed by atoms with Crippen LogP contribution in [0.4, 0.5) is 0 Å². The standard InChI is InChI=1S/C19H30O4/c1-14(11-22-13-21-4)5-8-19(3)9-6-16-15(2)12-23-17(7-10-20)18(16)19/h5,10,17-18H,6-9,11-13H2,1-4H3/b14-5-/t17-,18+,19-/m1/s1. The first-order valence-corrected chi connectivity index (χ1v) is 8.48. The van der Waals surface area contributed by atoms with Crippen molar-refractivity contribution in [2.75, 3.05) is 27.1 Å². The van der Waals surface area contributed by atoms with Gasteiger partial charge < -0.3 is 19.0 Å². The number of allylic oxidation sites excluding steroid dienone is 1. The van der Waals surface area contributed by atoms with Crippen LogP contribution >= 0.6 is 0 Å². The first kappa shape index (κ1) is 18.4. The number of aldehydes is 1. The van der Waals surface area contributed by atoms with Gasteiger partial charge in [0, 0.05) is 19.4 Å². The van der Waals surface area contributed by atoms with Gasteiger partial charge in [-0.3, -0.25) is 0 Å². The van der Waals surface area contributed by atoms with E-state index in [1.807, 2.05) is 0 Å². The lowest BCUT2D eigenvalue weighted by Gasteiger charge is -2.39. The lowest BCUT2D eigenvalue weighted by Crippen LogP contribution is -2.38. The predicted octanol–water partition coefficient (Wildman–Crippen LogP) is 3.66. The summed E-state index contributed by atoms with van der Waals surface area (Å²) in [7, 11) is 1.63. The molecule has 1 aliphatic heterocycles. The largest absolute Gasteiger partial charge is 0.373 e. The maximum atomic E-state index is 11.0. The van der Waals surface area contributed by atoms with Gasteiger partial charge in [-0.15, -0.1) is 0 Å². The molecular weight excluding hydrogens is 292 g/mol. The summed E-state index contributed by atoms with van der Waals surface area (Å²) in [6, 6.07) is 0. The first-order chi connectivity index (χ1) is 11.0. The average molecular weight is 322 g/mol. The number of hydrogen-bond acceptors (Lipinski definition) is 4. The molecule has 4 heteroatoms. The van der Waals surface area contributed by atoms with Gasteiger partial charge in [0.15, 0.2) is 0 Å². The second-order valence-corrected chi connectivity index (χ2v) is 7.20. The highest BCUT2D eigenvalue weighted by Gasteiger charge is 2.47. The van der Waals surface area contributed by atoms with Crippen LogP contribution in [0.3, 0.4) is 0 Å². The number of ether oxygens (including phenoxy) is 3. The minimum absolute atomic E-state index is 0.0390. The molecule has 0 aromatic heterocycles. The van der Waals surface area contributed by atoms with Gasteiger partial charge in [0.05, 0.1) is 19.3 Å². The van der Waals surface area contributed by atoms with E-state index in [2.05, 4.69) is 26.8 Å². The molecule has 0 spiro atoms. The number of rotatable bonds is 8.